The van der Waals surface area contributed by atoms with Crippen LogP contribution in [-0.2, 0) is 20.7 Å². The van der Waals surface area contributed by atoms with E-state index in [9.17, 15) is 14.0 Å². The minimum absolute atomic E-state index is 0.0591. The van der Waals surface area contributed by atoms with E-state index >= 15 is 0 Å². The number of halogens is 1. The lowest BCUT2D eigenvalue weighted by molar-refractivity contribution is -0.148. The third kappa shape index (κ3) is 5.25. The van der Waals surface area contributed by atoms with E-state index in [0.717, 1.165) is 18.4 Å². The second kappa shape index (κ2) is 9.63. The third-order valence-corrected chi connectivity index (χ3v) is 6.74. The maximum Gasteiger partial charge on any atom is 0.228 e. The molecule has 3 aliphatic rings. The minimum Gasteiger partial charge on any atom is -0.372 e. The van der Waals surface area contributed by atoms with Crippen LogP contribution in [0, 0.1) is 17.7 Å². The van der Waals surface area contributed by atoms with Crippen molar-refractivity contribution >= 4 is 11.8 Å². The highest BCUT2D eigenvalue weighted by molar-refractivity contribution is 5.80. The number of carbonyl (C=O) groups excluding carboxylic acids is 2. The highest BCUT2D eigenvalue weighted by Gasteiger charge is 2.42. The zero-order valence-corrected chi connectivity index (χ0v) is 18.4. The molecule has 3 saturated heterocycles. The van der Waals surface area contributed by atoms with Gasteiger partial charge in [0.25, 0.3) is 0 Å². The molecule has 3 fully saturated rings. The normalized spacial score (nSPS) is 29.9. The Morgan fingerprint density at radius 1 is 1.06 bits per heavy atom. The molecule has 3 aliphatic heterocycles. The summed E-state index contributed by atoms with van der Waals surface area (Å²) >= 11 is 0. The van der Waals surface area contributed by atoms with E-state index < -0.39 is 0 Å². The second-order valence-corrected chi connectivity index (χ2v) is 9.18. The summed E-state index contributed by atoms with van der Waals surface area (Å²) in [5, 5.41) is 0. The van der Waals surface area contributed by atoms with Crippen LogP contribution in [0.2, 0.25) is 0 Å². The van der Waals surface area contributed by atoms with Crippen molar-refractivity contribution in [3.63, 3.8) is 0 Å². The number of hydrazine groups is 1. The Kier molecular flexibility index (Phi) is 6.89. The van der Waals surface area contributed by atoms with Gasteiger partial charge in [0.2, 0.25) is 11.8 Å². The molecule has 7 nitrogen and oxygen atoms in total. The highest BCUT2D eigenvalue weighted by Crippen LogP contribution is 2.29. The van der Waals surface area contributed by atoms with Crippen molar-refractivity contribution in [1.29, 1.82) is 0 Å². The van der Waals surface area contributed by atoms with Gasteiger partial charge in [0.05, 0.1) is 24.5 Å². The third-order valence-electron chi connectivity index (χ3n) is 6.74. The first kappa shape index (κ1) is 22.2. The maximum absolute atomic E-state index is 13.2. The molecule has 4 unspecified atom stereocenters. The standard InChI is InChI=1S/C23H33FN4O3/c1-15-13-28(14-16(2)31-15)23(30)20-12-25-26-22(20)18-7-9-27(10-8-18)21(29)11-17-3-5-19(24)6-4-17/h3-6,15-16,18,20,22,25-26H,7-14H2,1-2H3. The predicted octanol–water partition coefficient (Wildman–Crippen LogP) is 1.34. The lowest BCUT2D eigenvalue weighted by Gasteiger charge is -2.39. The van der Waals surface area contributed by atoms with Gasteiger partial charge in [-0.15, -0.1) is 0 Å². The molecule has 0 radical (unpaired) electrons. The summed E-state index contributed by atoms with van der Waals surface area (Å²) in [6.07, 6.45) is 2.15. The number of carbonyl (C=O) groups is 2. The van der Waals surface area contributed by atoms with Crippen LogP contribution in [0.4, 0.5) is 4.39 Å². The number of morpholine rings is 1. The molecule has 8 heteroatoms. The Balaban J connectivity index is 1.31. The van der Waals surface area contributed by atoms with Crippen LogP contribution in [0.25, 0.3) is 0 Å². The Morgan fingerprint density at radius 2 is 1.71 bits per heavy atom. The summed E-state index contributed by atoms with van der Waals surface area (Å²) in [5.41, 5.74) is 7.36. The molecule has 0 aliphatic carbocycles. The average Bonchev–Trinajstić information content (AvgIpc) is 3.24. The second-order valence-electron chi connectivity index (χ2n) is 9.18. The molecule has 2 amide bonds. The van der Waals surface area contributed by atoms with Crippen LogP contribution in [0.1, 0.15) is 32.3 Å². The van der Waals surface area contributed by atoms with E-state index in [2.05, 4.69) is 10.9 Å². The van der Waals surface area contributed by atoms with Gasteiger partial charge in [0, 0.05) is 38.8 Å². The highest BCUT2D eigenvalue weighted by atomic mass is 19.1. The van der Waals surface area contributed by atoms with Gasteiger partial charge in [-0.25, -0.2) is 4.39 Å². The molecule has 4 atom stereocenters. The quantitative estimate of drug-likeness (QED) is 0.751. The van der Waals surface area contributed by atoms with Crippen molar-refractivity contribution in [3.8, 4) is 0 Å². The summed E-state index contributed by atoms with van der Waals surface area (Å²) in [4.78, 5) is 29.7. The van der Waals surface area contributed by atoms with Crippen LogP contribution in [0.3, 0.4) is 0 Å². The molecule has 0 saturated carbocycles. The summed E-state index contributed by atoms with van der Waals surface area (Å²) < 4.78 is 18.8. The first-order valence-corrected chi connectivity index (χ1v) is 11.4. The number of rotatable bonds is 4. The monoisotopic (exact) mass is 432 g/mol. The van der Waals surface area contributed by atoms with Crippen molar-refractivity contribution in [1.82, 2.24) is 20.7 Å². The topological polar surface area (TPSA) is 73.9 Å². The molecular formula is C23H33FN4O3. The lowest BCUT2D eigenvalue weighted by atomic mass is 9.82. The number of ether oxygens (including phenoxy) is 1. The van der Waals surface area contributed by atoms with Gasteiger partial charge in [0.1, 0.15) is 5.82 Å². The minimum atomic E-state index is -0.292. The molecule has 170 valence electrons. The lowest BCUT2D eigenvalue weighted by Crippen LogP contribution is -2.53. The van der Waals surface area contributed by atoms with Crippen molar-refractivity contribution in [3.05, 3.63) is 35.6 Å². The van der Waals surface area contributed by atoms with Gasteiger partial charge >= 0.3 is 0 Å². The van der Waals surface area contributed by atoms with E-state index in [4.69, 9.17) is 4.74 Å². The van der Waals surface area contributed by atoms with E-state index in [1.807, 2.05) is 23.6 Å². The summed E-state index contributed by atoms with van der Waals surface area (Å²) in [7, 11) is 0. The van der Waals surface area contributed by atoms with E-state index in [1.54, 1.807) is 12.1 Å². The van der Waals surface area contributed by atoms with Gasteiger partial charge in [0.15, 0.2) is 0 Å². The van der Waals surface area contributed by atoms with Crippen molar-refractivity contribution in [2.45, 2.75) is 51.4 Å². The number of hydrogen-bond acceptors (Lipinski definition) is 5. The number of nitrogens with one attached hydrogen (secondary N) is 2. The average molecular weight is 433 g/mol. The fourth-order valence-electron chi connectivity index (χ4n) is 5.19. The van der Waals surface area contributed by atoms with Gasteiger partial charge in [-0.3, -0.25) is 20.4 Å². The zero-order valence-electron chi connectivity index (χ0n) is 18.4. The fourth-order valence-corrected chi connectivity index (χ4v) is 5.19. The summed E-state index contributed by atoms with van der Waals surface area (Å²) in [6.45, 7) is 7.32. The van der Waals surface area contributed by atoms with Crippen molar-refractivity contribution < 1.29 is 18.7 Å². The number of likely N-dealkylation sites (tertiary alicyclic amines) is 1. The summed E-state index contributed by atoms with van der Waals surface area (Å²) in [5.74, 6) is 0.226. The smallest absolute Gasteiger partial charge is 0.228 e. The summed E-state index contributed by atoms with van der Waals surface area (Å²) in [6, 6.07) is 6.19. The number of nitrogens with zero attached hydrogens (tertiary/aromatic N) is 2. The Hall–Kier alpha value is -2.03. The van der Waals surface area contributed by atoms with Crippen molar-refractivity contribution in [2.75, 3.05) is 32.7 Å². The largest absolute Gasteiger partial charge is 0.372 e. The Labute approximate surface area is 183 Å². The number of benzene rings is 1. The Bertz CT molecular complexity index is 772. The number of hydrogen-bond donors (Lipinski definition) is 2. The maximum atomic E-state index is 13.2. The molecule has 2 N–H and O–H groups in total. The van der Waals surface area contributed by atoms with Gasteiger partial charge < -0.3 is 14.5 Å². The van der Waals surface area contributed by atoms with Gasteiger partial charge in [-0.1, -0.05) is 12.1 Å². The fraction of sp³-hybridized carbons (Fsp3) is 0.652. The van der Waals surface area contributed by atoms with Gasteiger partial charge in [-0.05, 0) is 50.3 Å². The van der Waals surface area contributed by atoms with Crippen LogP contribution < -0.4 is 10.9 Å². The first-order valence-electron chi connectivity index (χ1n) is 11.4. The molecule has 4 rings (SSSR count). The number of piperidine rings is 1. The van der Waals surface area contributed by atoms with Gasteiger partial charge in [-0.2, -0.15) is 0 Å². The SMILES string of the molecule is CC1CN(C(=O)C2CNNC2C2CCN(C(=O)Cc3ccc(F)cc3)CC2)CC(C)O1. The van der Waals surface area contributed by atoms with Crippen LogP contribution >= 0.6 is 0 Å². The van der Waals surface area contributed by atoms with Crippen LogP contribution in [-0.4, -0.2) is 72.6 Å². The molecule has 0 bridgehead atoms. The zero-order chi connectivity index (χ0) is 22.0. The number of amides is 2. The van der Waals surface area contributed by atoms with E-state index in [0.29, 0.717) is 45.1 Å². The molecule has 1 aromatic rings. The molecular weight excluding hydrogens is 399 g/mol. The van der Waals surface area contributed by atoms with E-state index in [1.165, 1.54) is 12.1 Å². The van der Waals surface area contributed by atoms with Crippen molar-refractivity contribution in [2.24, 2.45) is 11.8 Å². The van der Waals surface area contributed by atoms with Crippen LogP contribution in [0.5, 0.6) is 0 Å². The molecule has 31 heavy (non-hydrogen) atoms. The van der Waals surface area contributed by atoms with Crippen LogP contribution in [0.15, 0.2) is 24.3 Å². The predicted molar refractivity (Wildman–Crippen MR) is 114 cm³/mol. The molecule has 0 aromatic heterocycles. The van der Waals surface area contributed by atoms with E-state index in [-0.39, 0.29) is 41.8 Å². The first-order chi connectivity index (χ1) is 14.9. The molecule has 3 heterocycles. The molecule has 1 aromatic carbocycles. The Morgan fingerprint density at radius 3 is 2.35 bits per heavy atom. The molecule has 0 spiro atoms.